The Kier molecular flexibility index (Phi) is 4.23. The first-order chi connectivity index (χ1) is 3.63. The lowest BCUT2D eigenvalue weighted by atomic mass is 10.6. The zero-order valence-electron chi connectivity index (χ0n) is 5.69. The Morgan fingerprint density at radius 1 is 1.12 bits per heavy atom. The number of likely N-dealkylation sites (N-methyl/N-ethyl adjacent to an activating group) is 2. The van der Waals surface area contributed by atoms with Gasteiger partial charge in [0.15, 0.2) is 0 Å². The number of nitrogens with zero attached hydrogens (tertiary/aromatic N) is 2. The molecule has 0 bridgehead atoms. The van der Waals surface area contributed by atoms with E-state index in [0.717, 1.165) is 13.1 Å². The molecule has 0 aliphatic carbocycles. The SMILES string of the molecule is CN(C)CCN(C)Cl. The van der Waals surface area contributed by atoms with Crippen molar-refractivity contribution in [3.05, 3.63) is 0 Å². The van der Waals surface area contributed by atoms with Gasteiger partial charge < -0.3 is 4.90 Å². The molecule has 0 saturated heterocycles. The van der Waals surface area contributed by atoms with E-state index in [1.807, 2.05) is 21.1 Å². The van der Waals surface area contributed by atoms with Crippen LogP contribution in [0.5, 0.6) is 0 Å². The monoisotopic (exact) mass is 136 g/mol. The van der Waals surface area contributed by atoms with Gasteiger partial charge in [-0.3, -0.25) is 0 Å². The molecule has 0 radical (unpaired) electrons. The van der Waals surface area contributed by atoms with Crippen molar-refractivity contribution >= 4 is 11.8 Å². The van der Waals surface area contributed by atoms with E-state index >= 15 is 0 Å². The molecule has 0 unspecified atom stereocenters. The van der Waals surface area contributed by atoms with Crippen LogP contribution in [0.25, 0.3) is 0 Å². The van der Waals surface area contributed by atoms with Crippen LogP contribution in [0.4, 0.5) is 0 Å². The molecule has 0 heterocycles. The van der Waals surface area contributed by atoms with E-state index in [1.54, 1.807) is 4.42 Å². The van der Waals surface area contributed by atoms with E-state index in [9.17, 15) is 0 Å². The highest BCUT2D eigenvalue weighted by atomic mass is 35.5. The van der Waals surface area contributed by atoms with E-state index < -0.39 is 0 Å². The molecule has 0 saturated carbocycles. The summed E-state index contributed by atoms with van der Waals surface area (Å²) in [6, 6.07) is 0. The number of rotatable bonds is 3. The first-order valence-electron chi connectivity index (χ1n) is 2.64. The second-order valence-electron chi connectivity index (χ2n) is 2.13. The minimum Gasteiger partial charge on any atom is -0.308 e. The first-order valence-corrected chi connectivity index (χ1v) is 2.98. The van der Waals surface area contributed by atoms with Gasteiger partial charge in [0.25, 0.3) is 0 Å². The number of hydrogen-bond donors (Lipinski definition) is 0. The van der Waals surface area contributed by atoms with Crippen LogP contribution in [0, 0.1) is 0 Å². The molecule has 50 valence electrons. The Morgan fingerprint density at radius 3 is 1.75 bits per heavy atom. The molecule has 0 aliphatic heterocycles. The summed E-state index contributed by atoms with van der Waals surface area (Å²) in [5.41, 5.74) is 0. The Morgan fingerprint density at radius 2 is 1.62 bits per heavy atom. The summed E-state index contributed by atoms with van der Waals surface area (Å²) in [4.78, 5) is 2.10. The summed E-state index contributed by atoms with van der Waals surface area (Å²) in [5, 5.41) is 0. The van der Waals surface area contributed by atoms with Crippen molar-refractivity contribution < 1.29 is 0 Å². The standard InChI is InChI=1S/C5H13ClN2/c1-7(2)4-5-8(3)6/h4-5H2,1-3H3. The summed E-state index contributed by atoms with van der Waals surface area (Å²) in [5.74, 6) is 0. The second-order valence-corrected chi connectivity index (χ2v) is 2.71. The third kappa shape index (κ3) is 6.21. The van der Waals surface area contributed by atoms with Gasteiger partial charge in [-0.15, -0.1) is 0 Å². The van der Waals surface area contributed by atoms with Gasteiger partial charge in [-0.2, -0.15) is 0 Å². The third-order valence-electron chi connectivity index (χ3n) is 0.855. The van der Waals surface area contributed by atoms with Crippen LogP contribution < -0.4 is 0 Å². The van der Waals surface area contributed by atoms with Gasteiger partial charge in [-0.1, -0.05) is 0 Å². The van der Waals surface area contributed by atoms with E-state index in [0.29, 0.717) is 0 Å². The maximum atomic E-state index is 5.53. The van der Waals surface area contributed by atoms with Crippen LogP contribution in [-0.4, -0.2) is 43.6 Å². The average Bonchev–Trinajstić information content (AvgIpc) is 1.61. The predicted molar refractivity (Wildman–Crippen MR) is 37.0 cm³/mol. The van der Waals surface area contributed by atoms with Gasteiger partial charge in [0.1, 0.15) is 0 Å². The molecule has 0 atom stereocenters. The summed E-state index contributed by atoms with van der Waals surface area (Å²) >= 11 is 5.53. The van der Waals surface area contributed by atoms with Crippen molar-refractivity contribution in [3.8, 4) is 0 Å². The van der Waals surface area contributed by atoms with Crippen LogP contribution in [0.15, 0.2) is 0 Å². The first kappa shape index (κ1) is 8.21. The lowest BCUT2D eigenvalue weighted by Crippen LogP contribution is -2.22. The topological polar surface area (TPSA) is 6.48 Å². The Hall–Kier alpha value is 0.210. The summed E-state index contributed by atoms with van der Waals surface area (Å²) in [7, 11) is 5.91. The molecule has 0 N–H and O–H groups in total. The molecule has 0 aromatic carbocycles. The van der Waals surface area contributed by atoms with Gasteiger partial charge in [0, 0.05) is 20.1 Å². The van der Waals surface area contributed by atoms with Crippen LogP contribution in [0.2, 0.25) is 0 Å². The molecular formula is C5H13ClN2. The number of halogens is 1. The summed E-state index contributed by atoms with van der Waals surface area (Å²) in [6.07, 6.45) is 0. The van der Waals surface area contributed by atoms with E-state index in [2.05, 4.69) is 4.90 Å². The highest BCUT2D eigenvalue weighted by molar-refractivity contribution is 6.13. The fraction of sp³-hybridized carbons (Fsp3) is 1.00. The lowest BCUT2D eigenvalue weighted by Gasteiger charge is -2.11. The van der Waals surface area contributed by atoms with Crippen molar-refractivity contribution in [2.45, 2.75) is 0 Å². The second kappa shape index (κ2) is 4.13. The summed E-state index contributed by atoms with van der Waals surface area (Å²) in [6.45, 7) is 1.93. The average molecular weight is 137 g/mol. The van der Waals surface area contributed by atoms with Crippen molar-refractivity contribution in [3.63, 3.8) is 0 Å². The fourth-order valence-corrected chi connectivity index (χ4v) is 0.413. The third-order valence-corrected chi connectivity index (χ3v) is 1.02. The lowest BCUT2D eigenvalue weighted by molar-refractivity contribution is 0.368. The highest BCUT2D eigenvalue weighted by Crippen LogP contribution is 1.85. The minimum absolute atomic E-state index is 0.911. The van der Waals surface area contributed by atoms with Gasteiger partial charge in [0.05, 0.1) is 0 Å². The quantitative estimate of drug-likeness (QED) is 0.526. The molecule has 0 spiro atoms. The van der Waals surface area contributed by atoms with Crippen molar-refractivity contribution in [1.29, 1.82) is 0 Å². The van der Waals surface area contributed by atoms with Crippen LogP contribution in [-0.2, 0) is 0 Å². The zero-order valence-corrected chi connectivity index (χ0v) is 6.44. The molecule has 0 amide bonds. The van der Waals surface area contributed by atoms with Gasteiger partial charge in [0.2, 0.25) is 0 Å². The Balaban J connectivity index is 2.93. The Labute approximate surface area is 56.1 Å². The van der Waals surface area contributed by atoms with Gasteiger partial charge in [-0.25, -0.2) is 4.42 Å². The molecular weight excluding hydrogens is 124 g/mol. The molecule has 0 aromatic rings. The summed E-state index contributed by atoms with van der Waals surface area (Å²) < 4.78 is 1.65. The molecule has 0 aromatic heterocycles. The van der Waals surface area contributed by atoms with Gasteiger partial charge in [-0.05, 0) is 25.9 Å². The van der Waals surface area contributed by atoms with E-state index in [4.69, 9.17) is 11.8 Å². The molecule has 0 aliphatic rings. The largest absolute Gasteiger partial charge is 0.308 e. The fourth-order valence-electron chi connectivity index (χ4n) is 0.338. The molecule has 0 rings (SSSR count). The van der Waals surface area contributed by atoms with Crippen molar-refractivity contribution in [2.24, 2.45) is 0 Å². The smallest absolute Gasteiger partial charge is 0.0263 e. The van der Waals surface area contributed by atoms with Crippen LogP contribution in [0.1, 0.15) is 0 Å². The normalized spacial score (nSPS) is 11.2. The molecule has 0 fully saturated rings. The van der Waals surface area contributed by atoms with Crippen LogP contribution >= 0.6 is 11.8 Å². The highest BCUT2D eigenvalue weighted by Gasteiger charge is 1.91. The minimum atomic E-state index is 0.911. The van der Waals surface area contributed by atoms with E-state index in [-0.39, 0.29) is 0 Å². The van der Waals surface area contributed by atoms with Crippen LogP contribution in [0.3, 0.4) is 0 Å². The Bertz CT molecular complexity index is 46.4. The van der Waals surface area contributed by atoms with Crippen molar-refractivity contribution in [1.82, 2.24) is 9.32 Å². The maximum absolute atomic E-state index is 5.53. The zero-order chi connectivity index (χ0) is 6.57. The predicted octanol–water partition coefficient (Wildman–Crippen LogP) is 0.634. The van der Waals surface area contributed by atoms with Crippen molar-refractivity contribution in [2.75, 3.05) is 34.2 Å². The maximum Gasteiger partial charge on any atom is 0.0263 e. The van der Waals surface area contributed by atoms with Gasteiger partial charge >= 0.3 is 0 Å². The number of hydrogen-bond acceptors (Lipinski definition) is 2. The molecule has 8 heavy (non-hydrogen) atoms. The van der Waals surface area contributed by atoms with E-state index in [1.165, 1.54) is 0 Å². The molecule has 3 heteroatoms. The molecule has 2 nitrogen and oxygen atoms in total.